The number of aliphatic hydroxyl groups excluding tert-OH is 1. The molecule has 0 aromatic rings. The summed E-state index contributed by atoms with van der Waals surface area (Å²) in [5.74, 6) is 0. The Morgan fingerprint density at radius 3 is 2.07 bits per heavy atom. The summed E-state index contributed by atoms with van der Waals surface area (Å²) in [4.78, 5) is 0. The molecule has 6 N–H and O–H groups in total. The first kappa shape index (κ1) is 19.1. The van der Waals surface area contributed by atoms with Crippen molar-refractivity contribution in [1.29, 1.82) is 0 Å². The highest BCUT2D eigenvalue weighted by Crippen LogP contribution is 1.81. The van der Waals surface area contributed by atoms with Gasteiger partial charge >= 0.3 is 10.4 Å². The summed E-state index contributed by atoms with van der Waals surface area (Å²) in [6, 6.07) is 0. The smallest absolute Gasteiger partial charge is 0.391 e. The molecule has 8 heteroatoms. The average Bonchev–Trinajstić information content (AvgIpc) is 1.83. The molecule has 14 heavy (non-hydrogen) atoms. The zero-order chi connectivity index (χ0) is 10.9. The Morgan fingerprint density at radius 2 is 1.86 bits per heavy atom. The molecule has 0 spiro atoms. The van der Waals surface area contributed by atoms with Gasteiger partial charge in [0.1, 0.15) is 0 Å². The van der Waals surface area contributed by atoms with E-state index in [1.54, 1.807) is 13.0 Å². The van der Waals surface area contributed by atoms with Gasteiger partial charge in [0, 0.05) is 0 Å². The van der Waals surface area contributed by atoms with Gasteiger partial charge in [0.2, 0.25) is 0 Å². The van der Waals surface area contributed by atoms with Crippen LogP contribution in [0.2, 0.25) is 0 Å². The zero-order valence-electron chi connectivity index (χ0n) is 7.96. The van der Waals surface area contributed by atoms with Crippen LogP contribution in [0, 0.1) is 0 Å². The minimum absolute atomic E-state index is 0. The molecule has 88 valence electrons. The Hall–Kier alpha value is -0.510. The third kappa shape index (κ3) is 62.7. The summed E-state index contributed by atoms with van der Waals surface area (Å²) < 4.78 is 36.5. The van der Waals surface area contributed by atoms with Crippen LogP contribution in [-0.4, -0.2) is 41.9 Å². The highest BCUT2D eigenvalue weighted by atomic mass is 32.3. The minimum atomic E-state index is -4.67. The van der Waals surface area contributed by atoms with Crippen molar-refractivity contribution in [3.8, 4) is 0 Å². The summed E-state index contributed by atoms with van der Waals surface area (Å²) in [5, 5.41) is 8.62. The molecule has 0 aliphatic heterocycles. The van der Waals surface area contributed by atoms with Gasteiger partial charge in [-0.2, -0.15) is 8.42 Å². The SMILES string of the molecule is C=CCOCC(C)O.N.O=S(=O)(O)O. The topological polar surface area (TPSA) is 139 Å². The van der Waals surface area contributed by atoms with Crippen LogP contribution in [0.4, 0.5) is 0 Å². The van der Waals surface area contributed by atoms with Gasteiger partial charge < -0.3 is 16.0 Å². The fourth-order valence-corrected chi connectivity index (χ4v) is 0.322. The summed E-state index contributed by atoms with van der Waals surface area (Å²) in [5.41, 5.74) is 0. The maximum Gasteiger partial charge on any atom is 0.394 e. The fourth-order valence-electron chi connectivity index (χ4n) is 0.322. The predicted octanol–water partition coefficient (Wildman–Crippen LogP) is 0.0790. The normalized spacial score (nSPS) is 11.7. The van der Waals surface area contributed by atoms with E-state index in [4.69, 9.17) is 27.4 Å². The maximum absolute atomic E-state index is 8.74. The molecule has 0 rings (SSSR count). The van der Waals surface area contributed by atoms with E-state index in [2.05, 4.69) is 6.58 Å². The molecule has 0 amide bonds. The molecule has 0 aromatic heterocycles. The van der Waals surface area contributed by atoms with E-state index in [0.29, 0.717) is 13.2 Å². The number of aliphatic hydroxyl groups is 1. The predicted molar refractivity (Wildman–Crippen MR) is 51.9 cm³/mol. The summed E-state index contributed by atoms with van der Waals surface area (Å²) in [6.07, 6.45) is 1.29. The molecule has 0 aliphatic rings. The molecule has 0 fully saturated rings. The Morgan fingerprint density at radius 1 is 1.50 bits per heavy atom. The van der Waals surface area contributed by atoms with Crippen molar-refractivity contribution >= 4 is 10.4 Å². The van der Waals surface area contributed by atoms with Crippen LogP contribution < -0.4 is 6.15 Å². The molecule has 0 saturated heterocycles. The van der Waals surface area contributed by atoms with Crippen molar-refractivity contribution in [2.45, 2.75) is 13.0 Å². The molecule has 0 aliphatic carbocycles. The molecule has 1 unspecified atom stereocenters. The molecular weight excluding hydrogens is 214 g/mol. The lowest BCUT2D eigenvalue weighted by Crippen LogP contribution is -2.09. The van der Waals surface area contributed by atoms with Crippen molar-refractivity contribution in [1.82, 2.24) is 6.15 Å². The van der Waals surface area contributed by atoms with Crippen LogP contribution in [0.25, 0.3) is 0 Å². The van der Waals surface area contributed by atoms with E-state index >= 15 is 0 Å². The first-order chi connectivity index (χ1) is 5.77. The molecule has 0 bridgehead atoms. The number of ether oxygens (including phenoxy) is 1. The highest BCUT2D eigenvalue weighted by molar-refractivity contribution is 7.79. The number of rotatable bonds is 4. The monoisotopic (exact) mass is 231 g/mol. The van der Waals surface area contributed by atoms with Crippen LogP contribution in [0.5, 0.6) is 0 Å². The van der Waals surface area contributed by atoms with Crippen molar-refractivity contribution in [2.75, 3.05) is 13.2 Å². The lowest BCUT2D eigenvalue weighted by molar-refractivity contribution is 0.0599. The van der Waals surface area contributed by atoms with E-state index in [9.17, 15) is 0 Å². The van der Waals surface area contributed by atoms with Crippen molar-refractivity contribution in [3.05, 3.63) is 12.7 Å². The Labute approximate surface area is 83.6 Å². The molecule has 0 radical (unpaired) electrons. The molecule has 0 saturated carbocycles. The summed E-state index contributed by atoms with van der Waals surface area (Å²) in [6.45, 7) is 6.05. The second kappa shape index (κ2) is 10.6. The van der Waals surface area contributed by atoms with E-state index in [-0.39, 0.29) is 12.3 Å². The van der Waals surface area contributed by atoms with Gasteiger partial charge in [-0.25, -0.2) is 0 Å². The minimum Gasteiger partial charge on any atom is -0.391 e. The Kier molecular flexibility index (Phi) is 14.4. The van der Waals surface area contributed by atoms with Crippen molar-refractivity contribution in [3.63, 3.8) is 0 Å². The third-order valence-electron chi connectivity index (χ3n) is 0.595. The average molecular weight is 231 g/mol. The molecular formula is C6H17NO6S. The first-order valence-corrected chi connectivity index (χ1v) is 4.73. The van der Waals surface area contributed by atoms with Gasteiger partial charge in [0.15, 0.2) is 0 Å². The van der Waals surface area contributed by atoms with Gasteiger partial charge in [-0.1, -0.05) is 6.08 Å². The Balaban J connectivity index is -0.000000177. The lowest BCUT2D eigenvalue weighted by atomic mass is 10.4. The Bertz CT molecular complexity index is 204. The highest BCUT2D eigenvalue weighted by Gasteiger charge is 1.90. The van der Waals surface area contributed by atoms with Crippen LogP contribution in [0.15, 0.2) is 12.7 Å². The largest absolute Gasteiger partial charge is 0.394 e. The second-order valence-corrected chi connectivity index (χ2v) is 3.02. The standard InChI is InChI=1S/C6H12O2.H3N.H2O4S/c1-3-4-8-5-6(2)7;;1-5(2,3)4/h3,6-7H,1,4-5H2,2H3;1H3;(H2,1,2,3,4). The van der Waals surface area contributed by atoms with Gasteiger partial charge in [-0.15, -0.1) is 6.58 Å². The maximum atomic E-state index is 8.74. The van der Waals surface area contributed by atoms with Gasteiger partial charge in [0.25, 0.3) is 0 Å². The van der Waals surface area contributed by atoms with Crippen LogP contribution in [-0.2, 0) is 15.1 Å². The summed E-state index contributed by atoms with van der Waals surface area (Å²) >= 11 is 0. The number of hydrogen-bond donors (Lipinski definition) is 4. The van der Waals surface area contributed by atoms with E-state index in [1.807, 2.05) is 0 Å². The fraction of sp³-hybridized carbons (Fsp3) is 0.667. The van der Waals surface area contributed by atoms with Crippen LogP contribution in [0.1, 0.15) is 6.92 Å². The van der Waals surface area contributed by atoms with Crippen LogP contribution in [0.3, 0.4) is 0 Å². The summed E-state index contributed by atoms with van der Waals surface area (Å²) in [7, 11) is -4.67. The molecule has 1 atom stereocenters. The lowest BCUT2D eigenvalue weighted by Gasteiger charge is -2.01. The quantitative estimate of drug-likeness (QED) is 0.305. The second-order valence-electron chi connectivity index (χ2n) is 2.12. The van der Waals surface area contributed by atoms with E-state index < -0.39 is 10.4 Å². The molecule has 0 aromatic carbocycles. The molecule has 7 nitrogen and oxygen atoms in total. The molecule has 0 heterocycles. The van der Waals surface area contributed by atoms with Crippen molar-refractivity contribution in [2.24, 2.45) is 0 Å². The first-order valence-electron chi connectivity index (χ1n) is 3.34. The van der Waals surface area contributed by atoms with Crippen LogP contribution >= 0.6 is 0 Å². The van der Waals surface area contributed by atoms with Gasteiger partial charge in [0.05, 0.1) is 19.3 Å². The zero-order valence-corrected chi connectivity index (χ0v) is 8.77. The van der Waals surface area contributed by atoms with Gasteiger partial charge in [-0.3, -0.25) is 9.11 Å². The van der Waals surface area contributed by atoms with Crippen molar-refractivity contribution < 1.29 is 27.4 Å². The van der Waals surface area contributed by atoms with Gasteiger partial charge in [-0.05, 0) is 6.92 Å². The van der Waals surface area contributed by atoms with E-state index in [0.717, 1.165) is 0 Å². The number of hydrogen-bond acceptors (Lipinski definition) is 5. The third-order valence-corrected chi connectivity index (χ3v) is 0.595. The van der Waals surface area contributed by atoms with E-state index in [1.165, 1.54) is 0 Å².